The van der Waals surface area contributed by atoms with Gasteiger partial charge in [0.1, 0.15) is 0 Å². The van der Waals surface area contributed by atoms with Crippen molar-refractivity contribution in [2.75, 3.05) is 6.61 Å². The van der Waals surface area contributed by atoms with Crippen LogP contribution in [0.3, 0.4) is 0 Å². The molecule has 0 spiro atoms. The summed E-state index contributed by atoms with van der Waals surface area (Å²) in [6, 6.07) is 11.7. The summed E-state index contributed by atoms with van der Waals surface area (Å²) in [4.78, 5) is 10.5. The van der Waals surface area contributed by atoms with Gasteiger partial charge in [0.05, 0.1) is 33.7 Å². The average molecular weight is 431 g/mol. The van der Waals surface area contributed by atoms with E-state index in [0.717, 1.165) is 0 Å². The molecule has 2 aromatic carbocycles. The minimum Gasteiger partial charge on any atom is -0.490 e. The first-order valence-electron chi connectivity index (χ1n) is 8.35. The lowest BCUT2D eigenvalue weighted by Crippen LogP contribution is -2.08. The van der Waals surface area contributed by atoms with Gasteiger partial charge in [0.15, 0.2) is 11.5 Å². The average Bonchev–Trinajstić information content (AvgIpc) is 2.62. The number of hydrogen-bond donors (Lipinski definition) is 0. The summed E-state index contributed by atoms with van der Waals surface area (Å²) in [6.07, 6.45) is 1.63. The SMILES string of the molecule is CCOc1cc(C=C(C#N)c2cccc([N+](=O)[O-])c2)cc(Br)c1OC(C)C. The zero-order valence-corrected chi connectivity index (χ0v) is 16.8. The summed E-state index contributed by atoms with van der Waals surface area (Å²) < 4.78 is 12.2. The lowest BCUT2D eigenvalue weighted by atomic mass is 10.0. The van der Waals surface area contributed by atoms with Crippen molar-refractivity contribution in [1.82, 2.24) is 0 Å². The summed E-state index contributed by atoms with van der Waals surface area (Å²) in [5, 5.41) is 20.5. The van der Waals surface area contributed by atoms with Crippen molar-refractivity contribution in [3.63, 3.8) is 0 Å². The number of hydrogen-bond acceptors (Lipinski definition) is 5. The molecule has 2 rings (SSSR count). The van der Waals surface area contributed by atoms with E-state index in [1.165, 1.54) is 12.1 Å². The maximum absolute atomic E-state index is 11.0. The Morgan fingerprint density at radius 3 is 2.70 bits per heavy atom. The van der Waals surface area contributed by atoms with Crippen LogP contribution in [0.4, 0.5) is 5.69 Å². The van der Waals surface area contributed by atoms with E-state index in [2.05, 4.69) is 22.0 Å². The molecular formula is C20H19BrN2O4. The second-order valence-electron chi connectivity index (χ2n) is 5.91. The summed E-state index contributed by atoms with van der Waals surface area (Å²) in [5.41, 5.74) is 1.43. The minimum absolute atomic E-state index is 0.0264. The lowest BCUT2D eigenvalue weighted by molar-refractivity contribution is -0.384. The van der Waals surface area contributed by atoms with Crippen molar-refractivity contribution >= 4 is 33.3 Å². The van der Waals surface area contributed by atoms with Crippen molar-refractivity contribution < 1.29 is 14.4 Å². The molecule has 0 aliphatic rings. The standard InChI is InChI=1S/C20H19BrN2O4/c1-4-26-19-10-14(9-18(21)20(19)27-13(2)3)8-16(12-22)15-6-5-7-17(11-15)23(24)25/h5-11,13H,4H2,1-3H3. The molecule has 0 bridgehead atoms. The molecule has 0 radical (unpaired) electrons. The Labute approximate surface area is 166 Å². The topological polar surface area (TPSA) is 85.4 Å². The third-order valence-corrected chi connectivity index (χ3v) is 4.07. The van der Waals surface area contributed by atoms with Crippen LogP contribution < -0.4 is 9.47 Å². The number of nitriles is 1. The Balaban J connectivity index is 2.51. The number of non-ortho nitro benzene ring substituents is 1. The van der Waals surface area contributed by atoms with Gasteiger partial charge in [0, 0.05) is 12.1 Å². The first kappa shape index (κ1) is 20.5. The van der Waals surface area contributed by atoms with Gasteiger partial charge in [-0.15, -0.1) is 0 Å². The van der Waals surface area contributed by atoms with E-state index in [1.54, 1.807) is 24.3 Å². The third-order valence-electron chi connectivity index (χ3n) is 3.48. The predicted molar refractivity (Wildman–Crippen MR) is 108 cm³/mol. The monoisotopic (exact) mass is 430 g/mol. The normalized spacial score (nSPS) is 11.2. The van der Waals surface area contributed by atoms with Crippen LogP contribution in [0.1, 0.15) is 31.9 Å². The predicted octanol–water partition coefficient (Wildman–Crippen LogP) is 5.61. The lowest BCUT2D eigenvalue weighted by Gasteiger charge is -2.17. The van der Waals surface area contributed by atoms with E-state index in [-0.39, 0.29) is 11.8 Å². The number of nitro groups is 1. The van der Waals surface area contributed by atoms with Crippen molar-refractivity contribution in [3.8, 4) is 17.6 Å². The minimum atomic E-state index is -0.486. The van der Waals surface area contributed by atoms with Gasteiger partial charge in [-0.05, 0) is 66.0 Å². The maximum Gasteiger partial charge on any atom is 0.270 e. The van der Waals surface area contributed by atoms with Gasteiger partial charge < -0.3 is 9.47 Å². The van der Waals surface area contributed by atoms with E-state index >= 15 is 0 Å². The zero-order chi connectivity index (χ0) is 20.0. The van der Waals surface area contributed by atoms with E-state index in [4.69, 9.17) is 9.47 Å². The summed E-state index contributed by atoms with van der Waals surface area (Å²) >= 11 is 3.49. The van der Waals surface area contributed by atoms with E-state index < -0.39 is 4.92 Å². The largest absolute Gasteiger partial charge is 0.490 e. The molecule has 0 atom stereocenters. The molecule has 0 unspecified atom stereocenters. The molecule has 0 aliphatic heterocycles. The number of ether oxygens (including phenoxy) is 2. The second-order valence-corrected chi connectivity index (χ2v) is 6.76. The number of allylic oxidation sites excluding steroid dienone is 1. The first-order chi connectivity index (χ1) is 12.8. The Kier molecular flexibility index (Phi) is 6.97. The quantitative estimate of drug-likeness (QED) is 0.246. The van der Waals surface area contributed by atoms with Crippen LogP contribution in [0.2, 0.25) is 0 Å². The smallest absolute Gasteiger partial charge is 0.270 e. The Morgan fingerprint density at radius 2 is 2.11 bits per heavy atom. The van der Waals surface area contributed by atoms with Crippen LogP contribution in [-0.4, -0.2) is 17.6 Å². The molecule has 0 saturated heterocycles. The van der Waals surface area contributed by atoms with Crippen molar-refractivity contribution in [1.29, 1.82) is 5.26 Å². The first-order valence-corrected chi connectivity index (χ1v) is 9.14. The molecule has 2 aromatic rings. The summed E-state index contributed by atoms with van der Waals surface area (Å²) in [6.45, 7) is 6.18. The highest BCUT2D eigenvalue weighted by molar-refractivity contribution is 9.10. The van der Waals surface area contributed by atoms with Gasteiger partial charge in [-0.2, -0.15) is 5.26 Å². The van der Waals surface area contributed by atoms with Gasteiger partial charge in [-0.1, -0.05) is 12.1 Å². The second kappa shape index (κ2) is 9.19. The summed E-state index contributed by atoms with van der Waals surface area (Å²) in [7, 11) is 0. The zero-order valence-electron chi connectivity index (χ0n) is 15.2. The van der Waals surface area contributed by atoms with E-state index in [9.17, 15) is 15.4 Å². The molecule has 0 N–H and O–H groups in total. The van der Waals surface area contributed by atoms with Crippen molar-refractivity contribution in [2.45, 2.75) is 26.9 Å². The van der Waals surface area contributed by atoms with Crippen LogP contribution in [0.15, 0.2) is 40.9 Å². The molecule has 0 aliphatic carbocycles. The van der Waals surface area contributed by atoms with Gasteiger partial charge in [0.2, 0.25) is 0 Å². The highest BCUT2D eigenvalue weighted by atomic mass is 79.9. The van der Waals surface area contributed by atoms with Gasteiger partial charge in [-0.25, -0.2) is 0 Å². The van der Waals surface area contributed by atoms with Crippen LogP contribution >= 0.6 is 15.9 Å². The fraction of sp³-hybridized carbons (Fsp3) is 0.250. The number of benzene rings is 2. The molecule has 0 saturated carbocycles. The van der Waals surface area contributed by atoms with Gasteiger partial charge >= 0.3 is 0 Å². The Bertz CT molecular complexity index is 917. The van der Waals surface area contributed by atoms with Crippen molar-refractivity contribution in [3.05, 3.63) is 62.1 Å². The van der Waals surface area contributed by atoms with Gasteiger partial charge in [0.25, 0.3) is 5.69 Å². The van der Waals surface area contributed by atoms with Crippen molar-refractivity contribution in [2.24, 2.45) is 0 Å². The molecule has 7 heteroatoms. The van der Waals surface area contributed by atoms with Crippen LogP contribution in [0.25, 0.3) is 11.6 Å². The molecule has 0 fully saturated rings. The fourth-order valence-electron chi connectivity index (χ4n) is 2.42. The molecule has 6 nitrogen and oxygen atoms in total. The molecule has 0 amide bonds. The maximum atomic E-state index is 11.0. The number of rotatable bonds is 7. The highest BCUT2D eigenvalue weighted by Gasteiger charge is 2.14. The number of nitro benzene ring substituents is 1. The van der Waals surface area contributed by atoms with Gasteiger partial charge in [-0.3, -0.25) is 10.1 Å². The van der Waals surface area contributed by atoms with Crippen LogP contribution in [0, 0.1) is 21.4 Å². The third kappa shape index (κ3) is 5.31. The highest BCUT2D eigenvalue weighted by Crippen LogP contribution is 2.38. The number of nitrogens with zero attached hydrogens (tertiary/aromatic N) is 2. The van der Waals surface area contributed by atoms with E-state index in [1.807, 2.05) is 26.8 Å². The summed E-state index contributed by atoms with van der Waals surface area (Å²) in [5.74, 6) is 1.15. The van der Waals surface area contributed by atoms with Crippen LogP contribution in [0.5, 0.6) is 11.5 Å². The fourth-order valence-corrected chi connectivity index (χ4v) is 2.97. The van der Waals surface area contributed by atoms with Crippen LogP contribution in [-0.2, 0) is 0 Å². The number of halogens is 1. The molecule has 0 aromatic heterocycles. The molecule has 27 heavy (non-hydrogen) atoms. The Hall–Kier alpha value is -2.85. The molecule has 140 valence electrons. The Morgan fingerprint density at radius 1 is 1.37 bits per heavy atom. The molecular weight excluding hydrogens is 412 g/mol. The molecule has 0 heterocycles. The van der Waals surface area contributed by atoms with E-state index in [0.29, 0.717) is 39.3 Å².